The van der Waals surface area contributed by atoms with Crippen LogP contribution in [-0.2, 0) is 4.74 Å². The topological polar surface area (TPSA) is 93.7 Å². The molecule has 1 fully saturated rings. The monoisotopic (exact) mass is 266 g/mol. The standard InChI is InChI=1S/C12H18N4O3/c13-11-9-10(1-2-12(11)16(17)18)14-3-4-15-5-7-19-8-6-15/h1-2,9,14H,3-8,13H2. The van der Waals surface area contributed by atoms with Gasteiger partial charge in [-0.25, -0.2) is 0 Å². The summed E-state index contributed by atoms with van der Waals surface area (Å²) < 4.78 is 5.27. The average molecular weight is 266 g/mol. The maximum Gasteiger partial charge on any atom is 0.292 e. The SMILES string of the molecule is Nc1cc(NCCN2CCOCC2)ccc1[N+](=O)[O-]. The molecule has 0 spiro atoms. The van der Waals surface area contributed by atoms with Crippen LogP contribution in [0.3, 0.4) is 0 Å². The Morgan fingerprint density at radius 2 is 2.16 bits per heavy atom. The number of nitrogens with zero attached hydrogens (tertiary/aromatic N) is 2. The van der Waals surface area contributed by atoms with E-state index in [1.54, 1.807) is 12.1 Å². The minimum absolute atomic E-state index is 0.0567. The highest BCUT2D eigenvalue weighted by Gasteiger charge is 2.12. The number of nitro groups is 1. The number of ether oxygens (including phenoxy) is 1. The van der Waals surface area contributed by atoms with Crippen LogP contribution >= 0.6 is 0 Å². The summed E-state index contributed by atoms with van der Waals surface area (Å²) in [7, 11) is 0. The summed E-state index contributed by atoms with van der Waals surface area (Å²) in [6.45, 7) is 5.15. The predicted molar refractivity (Wildman–Crippen MR) is 73.3 cm³/mol. The minimum atomic E-state index is -0.479. The van der Waals surface area contributed by atoms with Crippen molar-refractivity contribution in [2.24, 2.45) is 0 Å². The maximum atomic E-state index is 10.6. The molecule has 19 heavy (non-hydrogen) atoms. The summed E-state index contributed by atoms with van der Waals surface area (Å²) in [5.41, 5.74) is 6.56. The van der Waals surface area contributed by atoms with Gasteiger partial charge in [0.2, 0.25) is 0 Å². The zero-order valence-electron chi connectivity index (χ0n) is 10.7. The van der Waals surface area contributed by atoms with E-state index in [1.165, 1.54) is 6.07 Å². The second-order valence-electron chi connectivity index (χ2n) is 4.41. The van der Waals surface area contributed by atoms with Crippen molar-refractivity contribution in [1.29, 1.82) is 0 Å². The largest absolute Gasteiger partial charge is 0.393 e. The number of benzene rings is 1. The molecule has 2 rings (SSSR count). The van der Waals surface area contributed by atoms with E-state index < -0.39 is 4.92 Å². The van der Waals surface area contributed by atoms with Crippen LogP contribution < -0.4 is 11.1 Å². The van der Waals surface area contributed by atoms with E-state index in [-0.39, 0.29) is 11.4 Å². The summed E-state index contributed by atoms with van der Waals surface area (Å²) in [5.74, 6) is 0. The number of nitrogen functional groups attached to an aromatic ring is 1. The minimum Gasteiger partial charge on any atom is -0.393 e. The third-order valence-electron chi connectivity index (χ3n) is 3.09. The van der Waals surface area contributed by atoms with E-state index in [9.17, 15) is 10.1 Å². The Balaban J connectivity index is 1.82. The van der Waals surface area contributed by atoms with Crippen LogP contribution in [0.4, 0.5) is 17.1 Å². The van der Waals surface area contributed by atoms with Crippen molar-refractivity contribution < 1.29 is 9.66 Å². The fraction of sp³-hybridized carbons (Fsp3) is 0.500. The Morgan fingerprint density at radius 3 is 2.79 bits per heavy atom. The number of nitrogens with two attached hydrogens (primary N) is 1. The lowest BCUT2D eigenvalue weighted by Crippen LogP contribution is -2.39. The van der Waals surface area contributed by atoms with E-state index in [2.05, 4.69) is 10.2 Å². The van der Waals surface area contributed by atoms with E-state index in [0.717, 1.165) is 45.1 Å². The first kappa shape index (κ1) is 13.6. The molecule has 0 aromatic heterocycles. The lowest BCUT2D eigenvalue weighted by atomic mass is 10.2. The lowest BCUT2D eigenvalue weighted by molar-refractivity contribution is -0.383. The molecular formula is C12H18N4O3. The Bertz CT molecular complexity index is 447. The number of hydrogen-bond donors (Lipinski definition) is 2. The van der Waals surface area contributed by atoms with Gasteiger partial charge in [0.1, 0.15) is 5.69 Å². The first-order valence-corrected chi connectivity index (χ1v) is 6.25. The van der Waals surface area contributed by atoms with Crippen LogP contribution in [0.5, 0.6) is 0 Å². The van der Waals surface area contributed by atoms with E-state index in [0.29, 0.717) is 0 Å². The van der Waals surface area contributed by atoms with Crippen molar-refractivity contribution in [2.75, 3.05) is 50.4 Å². The molecule has 1 aromatic carbocycles. The van der Waals surface area contributed by atoms with Gasteiger partial charge in [-0.1, -0.05) is 0 Å². The van der Waals surface area contributed by atoms with Crippen molar-refractivity contribution in [1.82, 2.24) is 4.90 Å². The molecule has 0 radical (unpaired) electrons. The van der Waals surface area contributed by atoms with Crippen LogP contribution in [0.15, 0.2) is 18.2 Å². The number of morpholine rings is 1. The fourth-order valence-corrected chi connectivity index (χ4v) is 2.01. The molecule has 0 atom stereocenters. The van der Waals surface area contributed by atoms with Gasteiger partial charge in [-0.15, -0.1) is 0 Å². The summed E-state index contributed by atoms with van der Waals surface area (Å²) in [4.78, 5) is 12.5. The quantitative estimate of drug-likeness (QED) is 0.467. The number of nitro benzene ring substituents is 1. The molecular weight excluding hydrogens is 248 g/mol. The number of nitrogens with one attached hydrogen (secondary N) is 1. The first-order chi connectivity index (χ1) is 9.16. The third kappa shape index (κ3) is 3.80. The molecule has 0 unspecified atom stereocenters. The Kier molecular flexibility index (Phi) is 4.53. The van der Waals surface area contributed by atoms with Crippen LogP contribution in [0.2, 0.25) is 0 Å². The zero-order chi connectivity index (χ0) is 13.7. The van der Waals surface area contributed by atoms with Gasteiger partial charge in [-0.05, 0) is 12.1 Å². The molecule has 0 aliphatic carbocycles. The highest BCUT2D eigenvalue weighted by molar-refractivity contribution is 5.65. The molecule has 0 amide bonds. The van der Waals surface area contributed by atoms with E-state index in [4.69, 9.17) is 10.5 Å². The molecule has 1 aromatic rings. The van der Waals surface area contributed by atoms with Gasteiger partial charge < -0.3 is 15.8 Å². The third-order valence-corrected chi connectivity index (χ3v) is 3.09. The molecule has 1 aliphatic heterocycles. The molecule has 1 heterocycles. The number of hydrogen-bond acceptors (Lipinski definition) is 6. The molecule has 0 bridgehead atoms. The van der Waals surface area contributed by atoms with Crippen LogP contribution in [-0.4, -0.2) is 49.2 Å². The number of rotatable bonds is 5. The van der Waals surface area contributed by atoms with Crippen LogP contribution in [0, 0.1) is 10.1 Å². The first-order valence-electron chi connectivity index (χ1n) is 6.25. The molecule has 3 N–H and O–H groups in total. The Hall–Kier alpha value is -1.86. The van der Waals surface area contributed by atoms with Gasteiger partial charge in [0.05, 0.1) is 18.1 Å². The second-order valence-corrected chi connectivity index (χ2v) is 4.41. The molecule has 7 nitrogen and oxygen atoms in total. The van der Waals surface area contributed by atoms with Crippen LogP contribution in [0.1, 0.15) is 0 Å². The van der Waals surface area contributed by atoms with Crippen molar-refractivity contribution in [3.8, 4) is 0 Å². The van der Waals surface area contributed by atoms with Crippen LogP contribution in [0.25, 0.3) is 0 Å². The smallest absolute Gasteiger partial charge is 0.292 e. The van der Waals surface area contributed by atoms with Crippen molar-refractivity contribution in [3.05, 3.63) is 28.3 Å². The Labute approximate surface area is 111 Å². The highest BCUT2D eigenvalue weighted by Crippen LogP contribution is 2.24. The van der Waals surface area contributed by atoms with Gasteiger partial charge in [0.15, 0.2) is 0 Å². The van der Waals surface area contributed by atoms with E-state index in [1.807, 2.05) is 0 Å². The summed E-state index contributed by atoms with van der Waals surface area (Å²) >= 11 is 0. The molecule has 7 heteroatoms. The van der Waals surface area contributed by atoms with E-state index >= 15 is 0 Å². The van der Waals surface area contributed by atoms with Gasteiger partial charge in [-0.3, -0.25) is 15.0 Å². The molecule has 1 aliphatic rings. The summed E-state index contributed by atoms with van der Waals surface area (Å²) in [6, 6.07) is 4.69. The van der Waals surface area contributed by atoms with Crippen molar-refractivity contribution in [3.63, 3.8) is 0 Å². The summed E-state index contributed by atoms with van der Waals surface area (Å²) in [5, 5.41) is 13.9. The molecule has 1 saturated heterocycles. The average Bonchev–Trinajstić information content (AvgIpc) is 2.39. The Morgan fingerprint density at radius 1 is 1.42 bits per heavy atom. The van der Waals surface area contributed by atoms with Gasteiger partial charge in [0, 0.05) is 37.9 Å². The van der Waals surface area contributed by atoms with Gasteiger partial charge in [-0.2, -0.15) is 0 Å². The normalized spacial score (nSPS) is 16.2. The molecule has 0 saturated carbocycles. The molecule has 104 valence electrons. The lowest BCUT2D eigenvalue weighted by Gasteiger charge is -2.26. The maximum absolute atomic E-state index is 10.6. The fourth-order valence-electron chi connectivity index (χ4n) is 2.01. The summed E-state index contributed by atoms with van der Waals surface area (Å²) in [6.07, 6.45) is 0. The number of anilines is 2. The van der Waals surface area contributed by atoms with Gasteiger partial charge >= 0.3 is 0 Å². The predicted octanol–water partition coefficient (Wildman–Crippen LogP) is 0.921. The van der Waals surface area contributed by atoms with Crippen molar-refractivity contribution in [2.45, 2.75) is 0 Å². The van der Waals surface area contributed by atoms with Gasteiger partial charge in [0.25, 0.3) is 5.69 Å². The zero-order valence-corrected chi connectivity index (χ0v) is 10.7. The van der Waals surface area contributed by atoms with Crippen molar-refractivity contribution >= 4 is 17.1 Å². The highest BCUT2D eigenvalue weighted by atomic mass is 16.6. The second kappa shape index (κ2) is 6.35.